The van der Waals surface area contributed by atoms with Crippen LogP contribution in [0.1, 0.15) is 66.2 Å². The van der Waals surface area contributed by atoms with Crippen LogP contribution in [0.25, 0.3) is 0 Å². The van der Waals surface area contributed by atoms with Crippen LogP contribution in [0.3, 0.4) is 0 Å². The first-order valence-electron chi connectivity index (χ1n) is 10.2. The van der Waals surface area contributed by atoms with Crippen molar-refractivity contribution in [2.45, 2.75) is 96.0 Å². The first-order valence-corrected chi connectivity index (χ1v) is 10.2. The predicted octanol–water partition coefficient (Wildman–Crippen LogP) is 1.74. The van der Waals surface area contributed by atoms with Crippen LogP contribution >= 0.6 is 0 Å². The Kier molecular flexibility index (Phi) is 7.13. The Hall–Kier alpha value is -2.32. The molecule has 2 N–H and O–H groups in total. The number of hydrogen-bond donors (Lipinski definition) is 2. The second-order valence-electron chi connectivity index (χ2n) is 8.94. The summed E-state index contributed by atoms with van der Waals surface area (Å²) in [6.07, 6.45) is 3.35. The molecule has 0 bridgehead atoms. The molecule has 9 nitrogen and oxygen atoms in total. The van der Waals surface area contributed by atoms with E-state index in [1.807, 2.05) is 0 Å². The third-order valence-electron chi connectivity index (χ3n) is 5.58. The number of carbonyl (C=O) groups is 4. The quantitative estimate of drug-likeness (QED) is 0.728. The lowest BCUT2D eigenvalue weighted by molar-refractivity contribution is -0.151. The van der Waals surface area contributed by atoms with Crippen molar-refractivity contribution in [3.05, 3.63) is 0 Å². The van der Waals surface area contributed by atoms with Crippen LogP contribution in [-0.4, -0.2) is 75.6 Å². The van der Waals surface area contributed by atoms with E-state index in [-0.39, 0.29) is 11.9 Å². The number of carboxylic acid groups (broad SMARTS) is 1. The van der Waals surface area contributed by atoms with Crippen molar-refractivity contribution < 1.29 is 29.0 Å². The first-order chi connectivity index (χ1) is 13.4. The van der Waals surface area contributed by atoms with E-state index in [9.17, 15) is 24.3 Å². The van der Waals surface area contributed by atoms with Crippen molar-refractivity contribution in [3.8, 4) is 0 Å². The van der Waals surface area contributed by atoms with Gasteiger partial charge in [-0.2, -0.15) is 0 Å². The molecule has 2 fully saturated rings. The Morgan fingerprint density at radius 1 is 1.17 bits per heavy atom. The fourth-order valence-corrected chi connectivity index (χ4v) is 3.87. The van der Waals surface area contributed by atoms with Crippen LogP contribution in [0, 0.1) is 0 Å². The molecule has 0 aromatic carbocycles. The van der Waals surface area contributed by atoms with Crippen LogP contribution in [0.4, 0.5) is 4.79 Å². The second kappa shape index (κ2) is 9.00. The van der Waals surface area contributed by atoms with E-state index in [0.717, 1.165) is 19.3 Å². The maximum atomic E-state index is 13.1. The van der Waals surface area contributed by atoms with Gasteiger partial charge in [0.25, 0.3) is 0 Å². The fraction of sp³-hybridized carbons (Fsp3) is 0.800. The molecular weight excluding hydrogens is 378 g/mol. The molecule has 2 heterocycles. The largest absolute Gasteiger partial charge is 0.480 e. The summed E-state index contributed by atoms with van der Waals surface area (Å²) in [7, 11) is 1.47. The number of ether oxygens (including phenoxy) is 1. The van der Waals surface area contributed by atoms with Gasteiger partial charge >= 0.3 is 12.1 Å². The molecule has 3 amide bonds. The van der Waals surface area contributed by atoms with E-state index in [2.05, 4.69) is 5.32 Å². The molecule has 2 aliphatic heterocycles. The molecule has 2 saturated heterocycles. The summed E-state index contributed by atoms with van der Waals surface area (Å²) in [5.74, 6) is -1.83. The number of nitrogens with zero attached hydrogens (tertiary/aromatic N) is 2. The number of aliphatic carboxylic acids is 1. The predicted molar refractivity (Wildman–Crippen MR) is 105 cm³/mol. The normalized spacial score (nSPS) is 26.0. The second-order valence-corrected chi connectivity index (χ2v) is 8.94. The number of rotatable bonds is 4. The Morgan fingerprint density at radius 3 is 2.38 bits per heavy atom. The van der Waals surface area contributed by atoms with Gasteiger partial charge in [-0.15, -0.1) is 0 Å². The number of fused-ring (bicyclic) bond motifs is 1. The summed E-state index contributed by atoms with van der Waals surface area (Å²) in [6.45, 7) is 6.78. The molecule has 4 atom stereocenters. The highest BCUT2D eigenvalue weighted by atomic mass is 16.6. The van der Waals surface area contributed by atoms with Gasteiger partial charge in [-0.05, 0) is 53.4 Å². The lowest BCUT2D eigenvalue weighted by Gasteiger charge is -2.35. The van der Waals surface area contributed by atoms with Gasteiger partial charge in [0.05, 0.1) is 0 Å². The number of carboxylic acids is 1. The Labute approximate surface area is 171 Å². The van der Waals surface area contributed by atoms with Gasteiger partial charge in [-0.1, -0.05) is 12.8 Å². The van der Waals surface area contributed by atoms with Gasteiger partial charge in [0.2, 0.25) is 11.8 Å². The van der Waals surface area contributed by atoms with Crippen LogP contribution in [0.5, 0.6) is 0 Å². The molecule has 164 valence electrons. The molecular formula is C20H33N3O6. The van der Waals surface area contributed by atoms with Crippen LogP contribution in [0.2, 0.25) is 0 Å². The highest BCUT2D eigenvalue weighted by Gasteiger charge is 2.44. The first kappa shape index (κ1) is 23.0. The van der Waals surface area contributed by atoms with E-state index in [1.54, 1.807) is 27.7 Å². The number of likely N-dealkylation sites (N-methyl/N-ethyl adjacent to an activating group) is 1. The minimum atomic E-state index is -1.01. The van der Waals surface area contributed by atoms with E-state index in [4.69, 9.17) is 4.74 Å². The third-order valence-corrected chi connectivity index (χ3v) is 5.58. The molecule has 0 aliphatic carbocycles. The van der Waals surface area contributed by atoms with E-state index < -0.39 is 41.7 Å². The average molecular weight is 411 g/mol. The maximum absolute atomic E-state index is 13.1. The van der Waals surface area contributed by atoms with Crippen molar-refractivity contribution in [1.29, 1.82) is 0 Å². The molecule has 2 aliphatic rings. The van der Waals surface area contributed by atoms with E-state index >= 15 is 0 Å². The van der Waals surface area contributed by atoms with Gasteiger partial charge in [-0.25, -0.2) is 9.59 Å². The average Bonchev–Trinajstić information content (AvgIpc) is 3.03. The minimum Gasteiger partial charge on any atom is -0.480 e. The summed E-state index contributed by atoms with van der Waals surface area (Å²) in [5.41, 5.74) is -0.687. The molecule has 0 saturated carbocycles. The topological polar surface area (TPSA) is 116 Å². The van der Waals surface area contributed by atoms with E-state index in [0.29, 0.717) is 19.3 Å². The highest BCUT2D eigenvalue weighted by Crippen LogP contribution is 2.31. The lowest BCUT2D eigenvalue weighted by Crippen LogP contribution is -2.57. The SMILES string of the molecule is C[C@@H](C(=O)N[C@H]1CCCC[C@H]2CC[C@@H](C(=O)O)N2C1=O)N(C)C(=O)OC(C)(C)C. The molecule has 0 aromatic rings. The molecule has 29 heavy (non-hydrogen) atoms. The highest BCUT2D eigenvalue weighted by molar-refractivity contribution is 5.93. The summed E-state index contributed by atoms with van der Waals surface area (Å²) < 4.78 is 5.28. The summed E-state index contributed by atoms with van der Waals surface area (Å²) in [5, 5.41) is 12.2. The maximum Gasteiger partial charge on any atom is 0.410 e. The Morgan fingerprint density at radius 2 is 1.79 bits per heavy atom. The van der Waals surface area contributed by atoms with Crippen molar-refractivity contribution >= 4 is 23.9 Å². The molecule has 0 radical (unpaired) electrons. The zero-order valence-electron chi connectivity index (χ0n) is 17.9. The zero-order chi connectivity index (χ0) is 21.9. The lowest BCUT2D eigenvalue weighted by atomic mass is 9.98. The van der Waals surface area contributed by atoms with Crippen molar-refractivity contribution in [3.63, 3.8) is 0 Å². The van der Waals surface area contributed by atoms with E-state index in [1.165, 1.54) is 16.8 Å². The van der Waals surface area contributed by atoms with Crippen molar-refractivity contribution in [2.75, 3.05) is 7.05 Å². The van der Waals surface area contributed by atoms with Crippen LogP contribution < -0.4 is 5.32 Å². The standard InChI is InChI=1S/C20H33N3O6/c1-12(22(5)19(28)29-20(2,3)4)16(24)21-14-9-7-6-8-13-10-11-15(18(26)27)23(13)17(14)25/h12-15H,6-11H2,1-5H3,(H,21,24)(H,26,27)/t12-,13-,14-,15-/m0/s1. The molecule has 9 heteroatoms. The number of nitrogens with one attached hydrogen (secondary N) is 1. The van der Waals surface area contributed by atoms with Gasteiger partial charge in [0, 0.05) is 13.1 Å². The monoisotopic (exact) mass is 411 g/mol. The third kappa shape index (κ3) is 5.61. The van der Waals surface area contributed by atoms with Crippen LogP contribution in [-0.2, 0) is 19.1 Å². The molecule has 2 rings (SSSR count). The Bertz CT molecular complexity index is 659. The van der Waals surface area contributed by atoms with Gasteiger partial charge < -0.3 is 20.1 Å². The summed E-state index contributed by atoms with van der Waals surface area (Å²) in [6, 6.07) is -2.57. The smallest absolute Gasteiger partial charge is 0.410 e. The van der Waals surface area contributed by atoms with Gasteiger partial charge in [0.15, 0.2) is 0 Å². The number of hydrogen-bond acceptors (Lipinski definition) is 5. The van der Waals surface area contributed by atoms with Gasteiger partial charge in [-0.3, -0.25) is 14.5 Å². The molecule has 0 unspecified atom stereocenters. The molecule has 0 spiro atoms. The van der Waals surface area contributed by atoms with Gasteiger partial charge in [0.1, 0.15) is 23.7 Å². The zero-order valence-corrected chi connectivity index (χ0v) is 17.9. The van der Waals surface area contributed by atoms with Crippen LogP contribution in [0.15, 0.2) is 0 Å². The number of carbonyl (C=O) groups excluding carboxylic acids is 3. The minimum absolute atomic E-state index is 0.0924. The van der Waals surface area contributed by atoms with Crippen molar-refractivity contribution in [2.24, 2.45) is 0 Å². The Balaban J connectivity index is 2.08. The molecule has 0 aromatic heterocycles. The summed E-state index contributed by atoms with van der Waals surface area (Å²) >= 11 is 0. The van der Waals surface area contributed by atoms with Crippen molar-refractivity contribution in [1.82, 2.24) is 15.1 Å². The number of amides is 3. The summed E-state index contributed by atoms with van der Waals surface area (Å²) in [4.78, 5) is 52.2. The fourth-order valence-electron chi connectivity index (χ4n) is 3.87.